The summed E-state index contributed by atoms with van der Waals surface area (Å²) in [6, 6.07) is 4.59. The molecule has 1 atom stereocenters. The van der Waals surface area contributed by atoms with E-state index in [1.165, 1.54) is 22.3 Å². The minimum Gasteiger partial charge on any atom is -0.370 e. The van der Waals surface area contributed by atoms with Gasteiger partial charge in [-0.25, -0.2) is 0 Å². The van der Waals surface area contributed by atoms with Crippen LogP contribution >= 0.6 is 0 Å². The summed E-state index contributed by atoms with van der Waals surface area (Å²) in [6.45, 7) is 18.7. The highest BCUT2D eigenvalue weighted by Crippen LogP contribution is 2.30. The van der Waals surface area contributed by atoms with E-state index in [2.05, 4.69) is 79.7 Å². The fraction of sp³-hybridized carbons (Fsp3) is 0.636. The Morgan fingerprint density at radius 3 is 2.09 bits per heavy atom. The summed E-state index contributed by atoms with van der Waals surface area (Å²) in [5.74, 6) is 0.689. The molecule has 0 heterocycles. The molecule has 0 fully saturated rings. The van der Waals surface area contributed by atoms with E-state index in [9.17, 15) is 0 Å². The zero-order valence-corrected chi connectivity index (χ0v) is 16.5. The lowest BCUT2D eigenvalue weighted by atomic mass is 9.78. The lowest BCUT2D eigenvalue weighted by molar-refractivity contribution is 0.0874. The first-order valence-corrected chi connectivity index (χ1v) is 9.05. The molecule has 0 aliphatic carbocycles. The molecular weight excluding hydrogens is 280 g/mol. The predicted octanol–water partition coefficient (Wildman–Crippen LogP) is 6.57. The van der Waals surface area contributed by atoms with Gasteiger partial charge in [0.1, 0.15) is 0 Å². The van der Waals surface area contributed by atoms with Gasteiger partial charge in [0, 0.05) is 0 Å². The number of benzene rings is 1. The highest BCUT2D eigenvalue weighted by atomic mass is 16.5. The van der Waals surface area contributed by atoms with E-state index in [1.54, 1.807) is 0 Å². The number of hydrogen-bond acceptors (Lipinski definition) is 1. The van der Waals surface area contributed by atoms with Crippen molar-refractivity contribution in [2.24, 2.45) is 11.3 Å². The first kappa shape index (κ1) is 20.0. The molecule has 0 bridgehead atoms. The van der Waals surface area contributed by atoms with Crippen LogP contribution in [0.25, 0.3) is 0 Å². The Morgan fingerprint density at radius 1 is 1.04 bits per heavy atom. The molecule has 0 amide bonds. The van der Waals surface area contributed by atoms with Crippen molar-refractivity contribution in [1.82, 2.24) is 0 Å². The maximum absolute atomic E-state index is 6.05. The summed E-state index contributed by atoms with van der Waals surface area (Å²) in [7, 11) is 0. The number of aryl methyl sites for hydroxylation is 3. The lowest BCUT2D eigenvalue weighted by Crippen LogP contribution is -2.17. The number of allylic oxidation sites excluding steroid dienone is 1. The first-order chi connectivity index (χ1) is 10.7. The molecule has 0 aliphatic rings. The van der Waals surface area contributed by atoms with Crippen molar-refractivity contribution in [3.63, 3.8) is 0 Å². The third kappa shape index (κ3) is 5.80. The van der Waals surface area contributed by atoms with E-state index in [0.29, 0.717) is 17.9 Å². The Balaban J connectivity index is 2.60. The van der Waals surface area contributed by atoms with Gasteiger partial charge in [0.25, 0.3) is 0 Å². The van der Waals surface area contributed by atoms with Crippen molar-refractivity contribution < 1.29 is 4.74 Å². The maximum atomic E-state index is 6.05. The second kappa shape index (κ2) is 8.68. The van der Waals surface area contributed by atoms with Crippen LogP contribution in [0.4, 0.5) is 0 Å². The van der Waals surface area contributed by atoms with Gasteiger partial charge in [-0.3, -0.25) is 0 Å². The van der Waals surface area contributed by atoms with Gasteiger partial charge in [0.15, 0.2) is 0 Å². The minimum absolute atomic E-state index is 0.142. The molecule has 23 heavy (non-hydrogen) atoms. The van der Waals surface area contributed by atoms with Crippen molar-refractivity contribution >= 4 is 0 Å². The van der Waals surface area contributed by atoms with Gasteiger partial charge < -0.3 is 4.74 Å². The number of hydrogen-bond donors (Lipinski definition) is 0. The van der Waals surface area contributed by atoms with Gasteiger partial charge in [0.05, 0.1) is 12.7 Å². The van der Waals surface area contributed by atoms with Gasteiger partial charge in [0.2, 0.25) is 0 Å². The second-order valence-electron chi connectivity index (χ2n) is 7.79. The summed E-state index contributed by atoms with van der Waals surface area (Å²) in [5, 5.41) is 0. The van der Waals surface area contributed by atoms with Crippen molar-refractivity contribution in [1.29, 1.82) is 0 Å². The summed E-state index contributed by atoms with van der Waals surface area (Å²) < 4.78 is 6.05. The molecule has 0 aromatic heterocycles. The van der Waals surface area contributed by atoms with Crippen LogP contribution in [0, 0.1) is 25.2 Å². The molecule has 1 aromatic rings. The molecule has 0 spiro atoms. The van der Waals surface area contributed by atoms with E-state index >= 15 is 0 Å². The molecule has 0 saturated carbocycles. The molecular formula is C22H36O. The molecule has 0 N–H and O–H groups in total. The van der Waals surface area contributed by atoms with Crippen LogP contribution in [-0.4, -0.2) is 6.61 Å². The molecule has 1 aromatic carbocycles. The summed E-state index contributed by atoms with van der Waals surface area (Å²) in [6.07, 6.45) is 6.78. The Labute approximate surface area is 144 Å². The van der Waals surface area contributed by atoms with Crippen LogP contribution in [0.3, 0.4) is 0 Å². The smallest absolute Gasteiger partial charge is 0.0806 e. The third-order valence-corrected chi connectivity index (χ3v) is 5.28. The topological polar surface area (TPSA) is 9.23 Å². The third-order valence-electron chi connectivity index (χ3n) is 5.28. The highest BCUT2D eigenvalue weighted by Gasteiger charge is 2.20. The standard InChI is InChI=1S/C22H36O/c1-9-20-14-17(4)21(18(5)15-20)19(6)23-13-11-10-12-22(7,8)16(2)3/h10-11,14-16,19H,9,12-13H2,1-8H3/b11-10+. The van der Waals surface area contributed by atoms with Crippen LogP contribution in [0.5, 0.6) is 0 Å². The molecule has 130 valence electrons. The quantitative estimate of drug-likeness (QED) is 0.493. The van der Waals surface area contributed by atoms with Crippen LogP contribution < -0.4 is 0 Å². The summed E-state index contributed by atoms with van der Waals surface area (Å²) in [5.41, 5.74) is 5.80. The largest absolute Gasteiger partial charge is 0.370 e. The average Bonchev–Trinajstić information content (AvgIpc) is 2.45. The Morgan fingerprint density at radius 2 is 1.61 bits per heavy atom. The van der Waals surface area contributed by atoms with Crippen LogP contribution in [0.1, 0.15) is 76.3 Å². The zero-order valence-electron chi connectivity index (χ0n) is 16.5. The molecule has 0 aliphatic heterocycles. The molecule has 1 nitrogen and oxygen atoms in total. The highest BCUT2D eigenvalue weighted by molar-refractivity contribution is 5.39. The van der Waals surface area contributed by atoms with E-state index in [0.717, 1.165) is 12.8 Å². The number of ether oxygens (including phenoxy) is 1. The minimum atomic E-state index is 0.142. The van der Waals surface area contributed by atoms with Crippen molar-refractivity contribution in [3.8, 4) is 0 Å². The molecule has 0 saturated heterocycles. The number of rotatable bonds is 8. The summed E-state index contributed by atoms with van der Waals surface area (Å²) >= 11 is 0. The first-order valence-electron chi connectivity index (χ1n) is 9.05. The normalized spacial score (nSPS) is 14.0. The van der Waals surface area contributed by atoms with Crippen LogP contribution in [-0.2, 0) is 11.2 Å². The van der Waals surface area contributed by atoms with Gasteiger partial charge in [-0.15, -0.1) is 0 Å². The molecule has 1 heteroatoms. The van der Waals surface area contributed by atoms with E-state index < -0.39 is 0 Å². The Bertz CT molecular complexity index is 500. The maximum Gasteiger partial charge on any atom is 0.0806 e. The van der Waals surface area contributed by atoms with Gasteiger partial charge in [-0.05, 0) is 67.2 Å². The average molecular weight is 317 g/mol. The lowest BCUT2D eigenvalue weighted by Gasteiger charge is -2.27. The zero-order chi connectivity index (χ0) is 17.6. The van der Waals surface area contributed by atoms with E-state index in [4.69, 9.17) is 4.74 Å². The molecule has 1 rings (SSSR count). The van der Waals surface area contributed by atoms with Crippen LogP contribution in [0.15, 0.2) is 24.3 Å². The fourth-order valence-corrected chi connectivity index (χ4v) is 2.88. The summed E-state index contributed by atoms with van der Waals surface area (Å²) in [4.78, 5) is 0. The van der Waals surface area contributed by atoms with Crippen molar-refractivity contribution in [2.45, 2.75) is 74.3 Å². The second-order valence-corrected chi connectivity index (χ2v) is 7.79. The molecule has 1 unspecified atom stereocenters. The van der Waals surface area contributed by atoms with Gasteiger partial charge in [-0.1, -0.05) is 58.9 Å². The van der Waals surface area contributed by atoms with Crippen molar-refractivity contribution in [3.05, 3.63) is 46.5 Å². The molecule has 0 radical (unpaired) electrons. The van der Waals surface area contributed by atoms with E-state index in [-0.39, 0.29) is 6.10 Å². The van der Waals surface area contributed by atoms with E-state index in [1.807, 2.05) is 0 Å². The van der Waals surface area contributed by atoms with Crippen LogP contribution in [0.2, 0.25) is 0 Å². The van der Waals surface area contributed by atoms with Gasteiger partial charge in [-0.2, -0.15) is 0 Å². The Hall–Kier alpha value is -1.08. The van der Waals surface area contributed by atoms with Gasteiger partial charge >= 0.3 is 0 Å². The monoisotopic (exact) mass is 316 g/mol. The van der Waals surface area contributed by atoms with Crippen molar-refractivity contribution in [2.75, 3.05) is 6.61 Å². The SMILES string of the molecule is CCc1cc(C)c(C(C)OC/C=C/CC(C)(C)C(C)C)c(C)c1. The Kier molecular flexibility index (Phi) is 7.54. The fourth-order valence-electron chi connectivity index (χ4n) is 2.88. The predicted molar refractivity (Wildman–Crippen MR) is 102 cm³/mol.